The summed E-state index contributed by atoms with van der Waals surface area (Å²) >= 11 is 0. The van der Waals surface area contributed by atoms with Gasteiger partial charge in [-0.05, 0) is 51.8 Å². The first kappa shape index (κ1) is 23.3. The molecule has 11 heteroatoms. The van der Waals surface area contributed by atoms with Gasteiger partial charge >= 0.3 is 6.18 Å². The highest BCUT2D eigenvalue weighted by Gasteiger charge is 2.36. The van der Waals surface area contributed by atoms with Gasteiger partial charge in [-0.25, -0.2) is 15.0 Å². The molecule has 4 heterocycles. The van der Waals surface area contributed by atoms with Crippen molar-refractivity contribution in [2.45, 2.75) is 58.3 Å². The third-order valence-electron chi connectivity index (χ3n) is 6.47. The number of nitrogens with one attached hydrogen (secondary N) is 3. The number of alkyl halides is 3. The molecule has 0 unspecified atom stereocenters. The van der Waals surface area contributed by atoms with Crippen LogP contribution in [-0.2, 0) is 6.18 Å². The average Bonchev–Trinajstić information content (AvgIpc) is 3.52. The van der Waals surface area contributed by atoms with Gasteiger partial charge in [-0.2, -0.15) is 13.2 Å². The van der Waals surface area contributed by atoms with Crippen molar-refractivity contribution in [3.05, 3.63) is 41.5 Å². The third-order valence-corrected chi connectivity index (χ3v) is 6.47. The van der Waals surface area contributed by atoms with E-state index in [2.05, 4.69) is 35.7 Å². The number of halogens is 3. The maximum Gasteiger partial charge on any atom is 0.419 e. The maximum absolute atomic E-state index is 13.9. The highest BCUT2D eigenvalue weighted by molar-refractivity contribution is 5.94. The molecule has 0 amide bonds. The van der Waals surface area contributed by atoms with E-state index in [1.54, 1.807) is 19.1 Å². The van der Waals surface area contributed by atoms with Gasteiger partial charge in [0.15, 0.2) is 0 Å². The summed E-state index contributed by atoms with van der Waals surface area (Å²) in [6.45, 7) is 6.45. The second kappa shape index (κ2) is 8.95. The van der Waals surface area contributed by atoms with Gasteiger partial charge in [0.25, 0.3) is 0 Å². The first-order chi connectivity index (χ1) is 16.8. The fourth-order valence-electron chi connectivity index (χ4n) is 4.86. The first-order valence-electron chi connectivity index (χ1n) is 11.6. The Kier molecular flexibility index (Phi) is 5.96. The number of aromatic amines is 1. The molecule has 5 rings (SSSR count). The van der Waals surface area contributed by atoms with Gasteiger partial charge < -0.3 is 20.1 Å². The van der Waals surface area contributed by atoms with Gasteiger partial charge in [-0.3, -0.25) is 0 Å². The molecule has 8 nitrogen and oxygen atoms in total. The van der Waals surface area contributed by atoms with Crippen LogP contribution in [0, 0.1) is 13.8 Å². The zero-order chi connectivity index (χ0) is 24.7. The molecule has 0 spiro atoms. The SMILES string of the molecule is CCN[C@H]1CCC[C@@H]1Nc1ncc(C(F)(F)F)c(-c2c[nH]c3nc(-c4c(C)noc4C)ccc23)n1. The van der Waals surface area contributed by atoms with Crippen LogP contribution < -0.4 is 10.6 Å². The van der Waals surface area contributed by atoms with Gasteiger partial charge in [0.1, 0.15) is 17.0 Å². The van der Waals surface area contributed by atoms with Crippen molar-refractivity contribution >= 4 is 17.0 Å². The van der Waals surface area contributed by atoms with Gasteiger partial charge in [0.2, 0.25) is 5.95 Å². The number of hydrogen-bond acceptors (Lipinski definition) is 7. The lowest BCUT2D eigenvalue weighted by molar-refractivity contribution is -0.137. The Bertz CT molecular complexity index is 1340. The molecule has 0 radical (unpaired) electrons. The summed E-state index contributed by atoms with van der Waals surface area (Å²) in [7, 11) is 0. The summed E-state index contributed by atoms with van der Waals surface area (Å²) < 4.78 is 47.0. The Balaban J connectivity index is 1.56. The highest BCUT2D eigenvalue weighted by Crippen LogP contribution is 2.39. The van der Waals surface area contributed by atoms with E-state index in [1.807, 2.05) is 13.8 Å². The van der Waals surface area contributed by atoms with E-state index >= 15 is 0 Å². The van der Waals surface area contributed by atoms with Crippen LogP contribution in [0.2, 0.25) is 0 Å². The summed E-state index contributed by atoms with van der Waals surface area (Å²) in [5.41, 5.74) is 1.75. The fraction of sp³-hybridized carbons (Fsp3) is 0.417. The molecule has 1 fully saturated rings. The topological polar surface area (TPSA) is 105 Å². The van der Waals surface area contributed by atoms with Crippen LogP contribution in [0.5, 0.6) is 0 Å². The van der Waals surface area contributed by atoms with Crippen LogP contribution in [0.3, 0.4) is 0 Å². The number of rotatable bonds is 6. The molecule has 0 aliphatic heterocycles. The number of nitrogens with zero attached hydrogens (tertiary/aromatic N) is 4. The van der Waals surface area contributed by atoms with Crippen LogP contribution >= 0.6 is 0 Å². The van der Waals surface area contributed by atoms with Crippen LogP contribution in [0.4, 0.5) is 19.1 Å². The second-order valence-corrected chi connectivity index (χ2v) is 8.79. The molecule has 0 aromatic carbocycles. The Labute approximate surface area is 199 Å². The number of fused-ring (bicyclic) bond motifs is 1. The van der Waals surface area contributed by atoms with E-state index in [-0.39, 0.29) is 23.7 Å². The van der Waals surface area contributed by atoms with E-state index in [9.17, 15) is 13.2 Å². The molecule has 1 aliphatic rings. The molecule has 35 heavy (non-hydrogen) atoms. The van der Waals surface area contributed by atoms with Crippen molar-refractivity contribution in [3.8, 4) is 22.5 Å². The van der Waals surface area contributed by atoms with Crippen molar-refractivity contribution in [1.82, 2.24) is 30.4 Å². The van der Waals surface area contributed by atoms with E-state index in [0.717, 1.165) is 37.6 Å². The van der Waals surface area contributed by atoms with Crippen LogP contribution in [0.1, 0.15) is 43.2 Å². The van der Waals surface area contributed by atoms with Crippen LogP contribution in [0.15, 0.2) is 29.0 Å². The molecule has 1 aliphatic carbocycles. The zero-order valence-electron chi connectivity index (χ0n) is 19.6. The van der Waals surface area contributed by atoms with E-state index < -0.39 is 11.7 Å². The summed E-state index contributed by atoms with van der Waals surface area (Å²) in [6.07, 6.45) is 0.685. The minimum atomic E-state index is -4.61. The largest absolute Gasteiger partial charge is 0.419 e. The van der Waals surface area contributed by atoms with E-state index in [0.29, 0.717) is 33.7 Å². The number of aromatic nitrogens is 5. The lowest BCUT2D eigenvalue weighted by Crippen LogP contribution is -2.40. The predicted molar refractivity (Wildman–Crippen MR) is 126 cm³/mol. The fourth-order valence-corrected chi connectivity index (χ4v) is 4.86. The molecule has 2 atom stereocenters. The molecule has 1 saturated carbocycles. The summed E-state index contributed by atoms with van der Waals surface area (Å²) in [4.78, 5) is 16.0. The zero-order valence-corrected chi connectivity index (χ0v) is 19.6. The van der Waals surface area contributed by atoms with E-state index in [4.69, 9.17) is 4.52 Å². The summed E-state index contributed by atoms with van der Waals surface area (Å²) in [5.74, 6) is 0.798. The molecule has 3 N–H and O–H groups in total. The lowest BCUT2D eigenvalue weighted by atomic mass is 10.1. The predicted octanol–water partition coefficient (Wildman–Crippen LogP) is 5.25. The van der Waals surface area contributed by atoms with Crippen molar-refractivity contribution in [2.75, 3.05) is 11.9 Å². The van der Waals surface area contributed by atoms with Crippen LogP contribution in [0.25, 0.3) is 33.5 Å². The summed E-state index contributed by atoms with van der Waals surface area (Å²) in [5, 5.41) is 11.2. The van der Waals surface area contributed by atoms with Crippen molar-refractivity contribution in [2.24, 2.45) is 0 Å². The molecular weight excluding hydrogens is 459 g/mol. The third kappa shape index (κ3) is 4.36. The number of pyridine rings is 1. The number of likely N-dealkylation sites (N-methyl/N-ethyl adjacent to an activating group) is 1. The second-order valence-electron chi connectivity index (χ2n) is 8.79. The van der Waals surface area contributed by atoms with Gasteiger partial charge in [0.05, 0.1) is 22.6 Å². The Morgan fingerprint density at radius 3 is 2.66 bits per heavy atom. The normalized spacial score (nSPS) is 18.5. The lowest BCUT2D eigenvalue weighted by Gasteiger charge is -2.22. The van der Waals surface area contributed by atoms with E-state index in [1.165, 1.54) is 6.20 Å². The van der Waals surface area contributed by atoms with Gasteiger partial charge in [0, 0.05) is 35.4 Å². The minimum absolute atomic E-state index is 0.0572. The summed E-state index contributed by atoms with van der Waals surface area (Å²) in [6, 6.07) is 3.78. The van der Waals surface area contributed by atoms with Gasteiger partial charge in [-0.1, -0.05) is 12.1 Å². The number of H-pyrrole nitrogens is 1. The Hall–Kier alpha value is -3.47. The van der Waals surface area contributed by atoms with Crippen molar-refractivity contribution < 1.29 is 17.7 Å². The quantitative estimate of drug-likeness (QED) is 0.342. The molecule has 184 valence electrons. The number of anilines is 1. The number of aryl methyl sites for hydroxylation is 2. The average molecular weight is 486 g/mol. The molecule has 4 aromatic heterocycles. The smallest absolute Gasteiger partial charge is 0.361 e. The standard InChI is InChI=1S/C24H26F3N7O/c1-4-28-17-6-5-7-18(17)32-23-30-11-16(24(25,26)27)21(33-23)15-10-29-22-14(15)8-9-19(31-22)20-12(2)34-35-13(20)3/h8-11,17-18,28H,4-7H2,1-3H3,(H,29,31)(H,30,32,33)/t17-,18-/m0/s1. The molecular formula is C24H26F3N7O. The van der Waals surface area contributed by atoms with Crippen LogP contribution in [-0.4, -0.2) is 43.7 Å². The Morgan fingerprint density at radius 2 is 1.94 bits per heavy atom. The monoisotopic (exact) mass is 485 g/mol. The highest BCUT2D eigenvalue weighted by atomic mass is 19.4. The molecule has 0 saturated heterocycles. The van der Waals surface area contributed by atoms with Crippen molar-refractivity contribution in [3.63, 3.8) is 0 Å². The van der Waals surface area contributed by atoms with Gasteiger partial charge in [-0.15, -0.1) is 0 Å². The molecule has 0 bridgehead atoms. The Morgan fingerprint density at radius 1 is 1.14 bits per heavy atom. The maximum atomic E-state index is 13.9. The minimum Gasteiger partial charge on any atom is -0.361 e. The first-order valence-corrected chi connectivity index (χ1v) is 11.6. The molecule has 4 aromatic rings. The van der Waals surface area contributed by atoms with Crippen molar-refractivity contribution in [1.29, 1.82) is 0 Å². The number of hydrogen-bond donors (Lipinski definition) is 3.